The topological polar surface area (TPSA) is 95.2 Å². The van der Waals surface area contributed by atoms with Crippen LogP contribution in [0.1, 0.15) is 36.1 Å². The van der Waals surface area contributed by atoms with Crippen LogP contribution in [0.2, 0.25) is 0 Å². The van der Waals surface area contributed by atoms with E-state index in [0.29, 0.717) is 0 Å². The van der Waals surface area contributed by atoms with Crippen LogP contribution in [0.15, 0.2) is 61.2 Å². The van der Waals surface area contributed by atoms with Crippen LogP contribution in [0.3, 0.4) is 0 Å². The molecule has 0 spiro atoms. The van der Waals surface area contributed by atoms with Crippen molar-refractivity contribution in [2.75, 3.05) is 6.54 Å². The number of nitrogens with one attached hydrogen (secondary N) is 3. The first-order valence-corrected chi connectivity index (χ1v) is 14.1. The van der Waals surface area contributed by atoms with Crippen LogP contribution in [-0.2, 0) is 6.54 Å². The van der Waals surface area contributed by atoms with E-state index in [0.717, 1.165) is 74.0 Å². The molecule has 7 rings (SSSR count). The zero-order chi connectivity index (χ0) is 25.5. The van der Waals surface area contributed by atoms with Crippen LogP contribution in [0.5, 0.6) is 0 Å². The minimum atomic E-state index is 0.730. The van der Waals surface area contributed by atoms with E-state index in [1.165, 1.54) is 36.1 Å². The Morgan fingerprint density at radius 2 is 1.84 bits per heavy atom. The summed E-state index contributed by atoms with van der Waals surface area (Å²) in [4.78, 5) is 19.9. The van der Waals surface area contributed by atoms with Gasteiger partial charge in [-0.3, -0.25) is 15.1 Å². The molecule has 5 aromatic heterocycles. The molecule has 1 saturated carbocycles. The van der Waals surface area contributed by atoms with Gasteiger partial charge in [0.05, 0.1) is 17.2 Å². The number of imidazole rings is 1. The molecule has 0 bridgehead atoms. The number of nitrogens with zero attached hydrogens (tertiary/aromatic N) is 4. The fraction of sp³-hybridized carbons (Fsp3) is 0.267. The van der Waals surface area contributed by atoms with Gasteiger partial charge in [-0.2, -0.15) is 5.10 Å². The number of aryl methyl sites for hydroxylation is 1. The highest BCUT2D eigenvalue weighted by atomic mass is 32.1. The number of pyridine rings is 2. The highest BCUT2D eigenvalue weighted by Crippen LogP contribution is 2.35. The van der Waals surface area contributed by atoms with Crippen LogP contribution in [0.4, 0.5) is 0 Å². The van der Waals surface area contributed by atoms with E-state index in [1.54, 1.807) is 11.3 Å². The molecule has 0 atom stereocenters. The number of hydrogen-bond donors (Lipinski definition) is 3. The van der Waals surface area contributed by atoms with Gasteiger partial charge in [-0.15, -0.1) is 11.3 Å². The Hall–Kier alpha value is -3.88. The monoisotopic (exact) mass is 519 g/mol. The van der Waals surface area contributed by atoms with Gasteiger partial charge in [0.25, 0.3) is 0 Å². The minimum absolute atomic E-state index is 0.730. The summed E-state index contributed by atoms with van der Waals surface area (Å²) < 4.78 is 0. The number of hydrogen-bond acceptors (Lipinski definition) is 6. The molecule has 5 heterocycles. The second-order valence-corrected chi connectivity index (χ2v) is 11.6. The lowest BCUT2D eigenvalue weighted by molar-refractivity contribution is 0.489. The van der Waals surface area contributed by atoms with Crippen molar-refractivity contribution in [2.24, 2.45) is 5.92 Å². The average Bonchev–Trinajstić information content (AvgIpc) is 3.74. The number of aromatic amines is 2. The van der Waals surface area contributed by atoms with Crippen molar-refractivity contribution in [1.29, 1.82) is 0 Å². The molecule has 7 nitrogen and oxygen atoms in total. The number of H-pyrrole nitrogens is 2. The van der Waals surface area contributed by atoms with Crippen LogP contribution in [0, 0.1) is 12.8 Å². The Kier molecular flexibility index (Phi) is 5.98. The maximum atomic E-state index is 4.98. The number of fused-ring (bicyclic) bond motifs is 2. The molecule has 1 aliphatic rings. The van der Waals surface area contributed by atoms with E-state index in [1.807, 2.05) is 24.8 Å². The first-order chi connectivity index (χ1) is 18.7. The molecular formula is C30H29N7S. The second-order valence-electron chi connectivity index (χ2n) is 10.3. The minimum Gasteiger partial charge on any atom is -0.335 e. The molecule has 1 aromatic carbocycles. The van der Waals surface area contributed by atoms with Gasteiger partial charge in [0, 0.05) is 51.4 Å². The molecule has 1 aliphatic carbocycles. The summed E-state index contributed by atoms with van der Waals surface area (Å²) in [5.41, 5.74) is 8.03. The zero-order valence-electron chi connectivity index (χ0n) is 21.3. The van der Waals surface area contributed by atoms with E-state index in [-0.39, 0.29) is 0 Å². The van der Waals surface area contributed by atoms with E-state index < -0.39 is 0 Å². The molecular weight excluding hydrogens is 490 g/mol. The van der Waals surface area contributed by atoms with Crippen LogP contribution in [-0.4, -0.2) is 36.7 Å². The maximum absolute atomic E-state index is 4.98. The normalized spacial score (nSPS) is 14.2. The Morgan fingerprint density at radius 3 is 2.71 bits per heavy atom. The van der Waals surface area contributed by atoms with Crippen molar-refractivity contribution in [3.63, 3.8) is 0 Å². The van der Waals surface area contributed by atoms with Crippen molar-refractivity contribution < 1.29 is 0 Å². The third-order valence-corrected chi connectivity index (χ3v) is 8.59. The summed E-state index contributed by atoms with van der Waals surface area (Å²) in [5, 5.41) is 12.5. The van der Waals surface area contributed by atoms with E-state index in [9.17, 15) is 0 Å². The quantitative estimate of drug-likeness (QED) is 0.214. The molecule has 38 heavy (non-hydrogen) atoms. The lowest BCUT2D eigenvalue weighted by Gasteiger charge is -2.11. The van der Waals surface area contributed by atoms with Gasteiger partial charge in [-0.1, -0.05) is 18.9 Å². The van der Waals surface area contributed by atoms with Crippen molar-refractivity contribution >= 4 is 33.3 Å². The summed E-state index contributed by atoms with van der Waals surface area (Å²) in [5.74, 6) is 1.56. The molecule has 0 aliphatic heterocycles. The highest BCUT2D eigenvalue weighted by molar-refractivity contribution is 7.15. The predicted molar refractivity (Wildman–Crippen MR) is 154 cm³/mol. The smallest absolute Gasteiger partial charge is 0.159 e. The van der Waals surface area contributed by atoms with Gasteiger partial charge in [-0.25, -0.2) is 4.98 Å². The molecule has 3 N–H and O–H groups in total. The van der Waals surface area contributed by atoms with Gasteiger partial charge in [0.2, 0.25) is 0 Å². The highest BCUT2D eigenvalue weighted by Gasteiger charge is 2.17. The van der Waals surface area contributed by atoms with E-state index in [4.69, 9.17) is 4.98 Å². The van der Waals surface area contributed by atoms with E-state index in [2.05, 4.69) is 73.8 Å². The average molecular weight is 520 g/mol. The summed E-state index contributed by atoms with van der Waals surface area (Å²) in [6.07, 6.45) is 13.1. The molecule has 8 heteroatoms. The summed E-state index contributed by atoms with van der Waals surface area (Å²) in [6, 6.07) is 12.9. The Bertz CT molecular complexity index is 1740. The van der Waals surface area contributed by atoms with Crippen molar-refractivity contribution in [2.45, 2.75) is 39.2 Å². The third kappa shape index (κ3) is 4.40. The number of rotatable bonds is 7. The summed E-state index contributed by atoms with van der Waals surface area (Å²) >= 11 is 1.75. The molecule has 0 amide bonds. The van der Waals surface area contributed by atoms with Gasteiger partial charge in [-0.05, 0) is 73.7 Å². The first kappa shape index (κ1) is 23.3. The van der Waals surface area contributed by atoms with E-state index >= 15 is 0 Å². The molecule has 0 saturated heterocycles. The predicted octanol–water partition coefficient (Wildman–Crippen LogP) is 6.88. The van der Waals surface area contributed by atoms with Gasteiger partial charge >= 0.3 is 0 Å². The Morgan fingerprint density at radius 1 is 0.947 bits per heavy atom. The zero-order valence-corrected chi connectivity index (χ0v) is 22.1. The number of aromatic nitrogens is 6. The van der Waals surface area contributed by atoms with Crippen molar-refractivity contribution in [3.8, 4) is 33.1 Å². The lowest BCUT2D eigenvalue weighted by atomic mass is 10.0. The molecule has 1 fully saturated rings. The van der Waals surface area contributed by atoms with Gasteiger partial charge in [0.15, 0.2) is 5.82 Å². The fourth-order valence-corrected chi connectivity index (χ4v) is 6.43. The molecule has 0 radical (unpaired) electrons. The fourth-order valence-electron chi connectivity index (χ4n) is 5.56. The molecule has 0 unspecified atom stereocenters. The lowest BCUT2D eigenvalue weighted by Crippen LogP contribution is -2.20. The Balaban J connectivity index is 1.20. The maximum Gasteiger partial charge on any atom is 0.159 e. The van der Waals surface area contributed by atoms with Gasteiger partial charge < -0.3 is 10.3 Å². The van der Waals surface area contributed by atoms with Crippen molar-refractivity contribution in [3.05, 3.63) is 71.6 Å². The third-order valence-electron chi connectivity index (χ3n) is 7.55. The van der Waals surface area contributed by atoms with Crippen LogP contribution >= 0.6 is 11.3 Å². The Labute approximate surface area is 224 Å². The number of thiophene rings is 1. The molecule has 6 aromatic rings. The first-order valence-electron chi connectivity index (χ1n) is 13.3. The van der Waals surface area contributed by atoms with Crippen LogP contribution in [0.25, 0.3) is 55.0 Å². The SMILES string of the molecule is Cc1ccc(-c2cncc3[nH]c(-c4n[nH]c5ccc(-c6cncc(CNCC7CCCC7)c6)cc45)nc23)s1. The second kappa shape index (κ2) is 9.78. The van der Waals surface area contributed by atoms with Gasteiger partial charge in [0.1, 0.15) is 11.2 Å². The van der Waals surface area contributed by atoms with Crippen LogP contribution < -0.4 is 5.32 Å². The van der Waals surface area contributed by atoms with Crippen molar-refractivity contribution in [1.82, 2.24) is 35.5 Å². The summed E-state index contributed by atoms with van der Waals surface area (Å²) in [7, 11) is 0. The largest absolute Gasteiger partial charge is 0.335 e. The molecule has 190 valence electrons. The number of benzene rings is 1. The summed E-state index contributed by atoms with van der Waals surface area (Å²) in [6.45, 7) is 4.05. The standard InChI is InChI=1S/C30H29N7S/c1-18-6-9-27(38-18)24-16-33-17-26-28(24)35-30(34-26)29-23-11-21(7-8-25(23)36-37-29)22-10-20(14-32-15-22)13-31-12-19-4-2-3-5-19/h6-11,14-17,19,31H,2-5,12-13H2,1H3,(H,34,35)(H,36,37).